The van der Waals surface area contributed by atoms with Gasteiger partial charge in [-0.25, -0.2) is 8.42 Å². The van der Waals surface area contributed by atoms with Gasteiger partial charge in [0.15, 0.2) is 0 Å². The summed E-state index contributed by atoms with van der Waals surface area (Å²) in [6.07, 6.45) is 3.24. The van der Waals surface area contributed by atoms with Crippen LogP contribution in [0, 0.1) is 6.92 Å². The quantitative estimate of drug-likeness (QED) is 0.578. The molecule has 7 nitrogen and oxygen atoms in total. The fourth-order valence-corrected chi connectivity index (χ4v) is 5.40. The van der Waals surface area contributed by atoms with Crippen LogP contribution in [0.2, 0.25) is 0 Å². The molecule has 0 amide bonds. The van der Waals surface area contributed by atoms with Crippen LogP contribution in [0.1, 0.15) is 19.4 Å². The Morgan fingerprint density at radius 2 is 1.84 bits per heavy atom. The van der Waals surface area contributed by atoms with Gasteiger partial charge >= 0.3 is 0 Å². The third kappa shape index (κ3) is 4.61. The summed E-state index contributed by atoms with van der Waals surface area (Å²) in [6, 6.07) is 13.2. The van der Waals surface area contributed by atoms with E-state index in [1.54, 1.807) is 36.8 Å². The monoisotopic (exact) mass is 455 g/mol. The highest BCUT2D eigenvalue weighted by Gasteiger charge is 2.23. The van der Waals surface area contributed by atoms with Crippen molar-refractivity contribution in [2.45, 2.75) is 37.8 Å². The molecule has 0 unspecified atom stereocenters. The average molecular weight is 456 g/mol. The predicted octanol–water partition coefficient (Wildman–Crippen LogP) is 4.25. The topological polar surface area (TPSA) is 83.8 Å². The standard InChI is InChI=1S/C24H29N3O4S/c1-16-11-21(6-7-22(16)19-9-10-31-15-19)32(28,29)26-23-12-20(5-8-24(23)30-4)27-13-17(2)25-18(3)14-27/h5-12,15,17-18,25-26H,13-14H2,1-4H3/t17-,18+. The number of ether oxygens (including phenoxy) is 1. The second-order valence-corrected chi connectivity index (χ2v) is 10.0. The summed E-state index contributed by atoms with van der Waals surface area (Å²) in [7, 11) is -2.27. The lowest BCUT2D eigenvalue weighted by Gasteiger charge is -2.38. The summed E-state index contributed by atoms with van der Waals surface area (Å²) < 4.78 is 39.7. The Morgan fingerprint density at radius 1 is 1.09 bits per heavy atom. The van der Waals surface area contributed by atoms with Gasteiger partial charge in [0.1, 0.15) is 5.75 Å². The number of nitrogens with one attached hydrogen (secondary N) is 2. The second-order valence-electron chi connectivity index (χ2n) is 8.35. The molecule has 1 fully saturated rings. The number of aryl methyl sites for hydroxylation is 1. The predicted molar refractivity (Wildman–Crippen MR) is 127 cm³/mol. The van der Waals surface area contributed by atoms with Crippen molar-refractivity contribution in [2.75, 3.05) is 29.8 Å². The molecule has 0 radical (unpaired) electrons. The molecule has 1 aromatic heterocycles. The fraction of sp³-hybridized carbons (Fsp3) is 0.333. The second kappa shape index (κ2) is 8.88. The van der Waals surface area contributed by atoms with E-state index >= 15 is 0 Å². The molecule has 2 heterocycles. The lowest BCUT2D eigenvalue weighted by atomic mass is 10.0. The van der Waals surface area contributed by atoms with Crippen LogP contribution in [0.25, 0.3) is 11.1 Å². The lowest BCUT2D eigenvalue weighted by molar-refractivity contribution is 0.406. The highest BCUT2D eigenvalue weighted by molar-refractivity contribution is 7.92. The SMILES string of the molecule is COc1ccc(N2C[C@@H](C)N[C@@H](C)C2)cc1NS(=O)(=O)c1ccc(-c2ccoc2)c(C)c1. The molecule has 3 aromatic rings. The van der Waals surface area contributed by atoms with E-state index < -0.39 is 10.0 Å². The van der Waals surface area contributed by atoms with Crippen molar-refractivity contribution in [3.63, 3.8) is 0 Å². The Hall–Kier alpha value is -2.97. The molecule has 0 saturated carbocycles. The molecule has 4 rings (SSSR count). The summed E-state index contributed by atoms with van der Waals surface area (Å²) in [5.74, 6) is 0.472. The van der Waals surface area contributed by atoms with E-state index in [4.69, 9.17) is 9.15 Å². The minimum atomic E-state index is -3.81. The molecule has 0 spiro atoms. The van der Waals surface area contributed by atoms with Gasteiger partial charge in [0, 0.05) is 36.4 Å². The Labute approximate surface area is 189 Å². The van der Waals surface area contributed by atoms with Crippen LogP contribution < -0.4 is 19.7 Å². The number of piperazine rings is 1. The van der Waals surface area contributed by atoms with Gasteiger partial charge in [-0.15, -0.1) is 0 Å². The number of nitrogens with zero attached hydrogens (tertiary/aromatic N) is 1. The molecule has 1 aliphatic rings. The zero-order valence-corrected chi connectivity index (χ0v) is 19.6. The maximum atomic E-state index is 13.2. The molecule has 0 bridgehead atoms. The maximum Gasteiger partial charge on any atom is 0.262 e. The molecule has 1 saturated heterocycles. The van der Waals surface area contributed by atoms with E-state index in [-0.39, 0.29) is 4.90 Å². The van der Waals surface area contributed by atoms with Gasteiger partial charge in [-0.3, -0.25) is 4.72 Å². The number of rotatable bonds is 6. The third-order valence-corrected chi connectivity index (χ3v) is 7.05. The van der Waals surface area contributed by atoms with E-state index in [1.165, 1.54) is 7.11 Å². The minimum absolute atomic E-state index is 0.194. The Balaban J connectivity index is 1.63. The summed E-state index contributed by atoms with van der Waals surface area (Å²) in [6.45, 7) is 7.86. The summed E-state index contributed by atoms with van der Waals surface area (Å²) in [5.41, 5.74) is 4.06. The van der Waals surface area contributed by atoms with Crippen LogP contribution in [0.5, 0.6) is 5.75 Å². The Kier molecular flexibility index (Phi) is 6.17. The molecule has 1 aliphatic heterocycles. The lowest BCUT2D eigenvalue weighted by Crippen LogP contribution is -2.54. The number of furan rings is 1. The summed E-state index contributed by atoms with van der Waals surface area (Å²) in [4.78, 5) is 2.45. The normalized spacial score (nSPS) is 19.1. The first-order valence-corrected chi connectivity index (χ1v) is 12.1. The minimum Gasteiger partial charge on any atom is -0.495 e. The van der Waals surface area contributed by atoms with Gasteiger partial charge in [0.2, 0.25) is 0 Å². The molecular weight excluding hydrogens is 426 g/mol. The van der Waals surface area contributed by atoms with Crippen molar-refractivity contribution >= 4 is 21.4 Å². The van der Waals surface area contributed by atoms with E-state index in [1.807, 2.05) is 25.1 Å². The number of hydrogen-bond donors (Lipinski definition) is 2. The van der Waals surface area contributed by atoms with E-state index in [0.717, 1.165) is 35.5 Å². The first-order valence-electron chi connectivity index (χ1n) is 10.6. The van der Waals surface area contributed by atoms with Gasteiger partial charge in [-0.2, -0.15) is 0 Å². The summed E-state index contributed by atoms with van der Waals surface area (Å²) >= 11 is 0. The molecule has 170 valence electrons. The highest BCUT2D eigenvalue weighted by atomic mass is 32.2. The Morgan fingerprint density at radius 3 is 2.47 bits per heavy atom. The van der Waals surface area contributed by atoms with E-state index in [2.05, 4.69) is 28.8 Å². The largest absolute Gasteiger partial charge is 0.495 e. The van der Waals surface area contributed by atoms with Crippen molar-refractivity contribution in [1.29, 1.82) is 0 Å². The molecule has 2 N–H and O–H groups in total. The number of benzene rings is 2. The van der Waals surface area contributed by atoms with Crippen LogP contribution in [-0.2, 0) is 10.0 Å². The molecular formula is C24H29N3O4S. The van der Waals surface area contributed by atoms with Gasteiger partial charge in [-0.05, 0) is 68.3 Å². The van der Waals surface area contributed by atoms with Crippen molar-refractivity contribution in [3.05, 3.63) is 60.6 Å². The van der Waals surface area contributed by atoms with Crippen LogP contribution in [0.4, 0.5) is 11.4 Å². The van der Waals surface area contributed by atoms with Crippen molar-refractivity contribution < 1.29 is 17.6 Å². The third-order valence-electron chi connectivity index (χ3n) is 5.69. The van der Waals surface area contributed by atoms with Crippen molar-refractivity contribution in [3.8, 4) is 16.9 Å². The zero-order chi connectivity index (χ0) is 22.9. The number of anilines is 2. The average Bonchev–Trinajstić information content (AvgIpc) is 3.27. The van der Waals surface area contributed by atoms with E-state index in [0.29, 0.717) is 23.5 Å². The maximum absolute atomic E-state index is 13.2. The number of sulfonamides is 1. The van der Waals surface area contributed by atoms with Gasteiger partial charge in [0.05, 0.1) is 30.2 Å². The van der Waals surface area contributed by atoms with Gasteiger partial charge in [0.25, 0.3) is 10.0 Å². The number of methoxy groups -OCH3 is 1. The van der Waals surface area contributed by atoms with E-state index in [9.17, 15) is 8.42 Å². The first kappa shape index (κ1) is 22.2. The molecule has 32 heavy (non-hydrogen) atoms. The van der Waals surface area contributed by atoms with Crippen molar-refractivity contribution in [1.82, 2.24) is 5.32 Å². The van der Waals surface area contributed by atoms with Crippen molar-refractivity contribution in [2.24, 2.45) is 0 Å². The molecule has 8 heteroatoms. The molecule has 2 atom stereocenters. The van der Waals surface area contributed by atoms with Gasteiger partial charge < -0.3 is 19.4 Å². The molecule has 0 aliphatic carbocycles. The number of hydrogen-bond acceptors (Lipinski definition) is 6. The van der Waals surface area contributed by atoms with Crippen LogP contribution in [0.15, 0.2) is 64.3 Å². The summed E-state index contributed by atoms with van der Waals surface area (Å²) in [5, 5.41) is 3.51. The molecule has 2 aromatic carbocycles. The smallest absolute Gasteiger partial charge is 0.262 e. The van der Waals surface area contributed by atoms with Crippen LogP contribution >= 0.6 is 0 Å². The van der Waals surface area contributed by atoms with Crippen LogP contribution in [0.3, 0.4) is 0 Å². The van der Waals surface area contributed by atoms with Crippen LogP contribution in [-0.4, -0.2) is 40.7 Å². The Bertz CT molecular complexity index is 1180. The highest BCUT2D eigenvalue weighted by Crippen LogP contribution is 2.33. The fourth-order valence-electron chi connectivity index (χ4n) is 4.26. The van der Waals surface area contributed by atoms with Gasteiger partial charge in [-0.1, -0.05) is 6.07 Å². The first-order chi connectivity index (χ1) is 15.3. The zero-order valence-electron chi connectivity index (χ0n) is 18.8.